The summed E-state index contributed by atoms with van der Waals surface area (Å²) in [5.41, 5.74) is 2.37. The van der Waals surface area contributed by atoms with Crippen molar-refractivity contribution in [1.29, 1.82) is 0 Å². The van der Waals surface area contributed by atoms with Crippen LogP contribution >= 0.6 is 0 Å². The Morgan fingerprint density at radius 2 is 1.60 bits per heavy atom. The van der Waals surface area contributed by atoms with Gasteiger partial charge in [0, 0.05) is 11.4 Å². The summed E-state index contributed by atoms with van der Waals surface area (Å²) in [5.74, 6) is -0.298. The van der Waals surface area contributed by atoms with Crippen molar-refractivity contribution < 1.29 is 18.0 Å². The number of carbonyl (C=O) groups excluding carboxylic acids is 1. The number of amides is 1. The molecule has 0 aliphatic carbocycles. The van der Waals surface area contributed by atoms with E-state index in [9.17, 15) is 18.0 Å². The number of halogens is 3. The average molecular weight is 350 g/mol. The van der Waals surface area contributed by atoms with Crippen molar-refractivity contribution in [2.24, 2.45) is 0 Å². The van der Waals surface area contributed by atoms with Crippen molar-refractivity contribution in [2.75, 3.05) is 17.2 Å². The SMILES string of the molecule is CCc1cccc(CC)c1NC(=O)CNc1cccc(C(F)(F)F)c1. The van der Waals surface area contributed by atoms with Gasteiger partial charge in [-0.15, -0.1) is 0 Å². The smallest absolute Gasteiger partial charge is 0.376 e. The van der Waals surface area contributed by atoms with E-state index < -0.39 is 11.7 Å². The van der Waals surface area contributed by atoms with E-state index in [-0.39, 0.29) is 18.1 Å². The molecule has 1 amide bonds. The highest BCUT2D eigenvalue weighted by atomic mass is 19.4. The van der Waals surface area contributed by atoms with Gasteiger partial charge >= 0.3 is 6.18 Å². The monoisotopic (exact) mass is 350 g/mol. The first-order valence-electron chi connectivity index (χ1n) is 8.16. The first kappa shape index (κ1) is 18.8. The Morgan fingerprint density at radius 3 is 2.16 bits per heavy atom. The Balaban J connectivity index is 2.05. The third-order valence-corrected chi connectivity index (χ3v) is 3.91. The lowest BCUT2D eigenvalue weighted by Crippen LogP contribution is -2.23. The van der Waals surface area contributed by atoms with Gasteiger partial charge in [-0.2, -0.15) is 13.2 Å². The molecule has 0 fully saturated rings. The predicted molar refractivity (Wildman–Crippen MR) is 93.8 cm³/mol. The molecule has 0 heterocycles. The molecule has 2 aromatic carbocycles. The quantitative estimate of drug-likeness (QED) is 0.779. The van der Waals surface area contributed by atoms with E-state index in [2.05, 4.69) is 10.6 Å². The molecule has 0 aliphatic heterocycles. The molecule has 0 unspecified atom stereocenters. The van der Waals surface area contributed by atoms with E-state index in [0.717, 1.165) is 41.8 Å². The third kappa shape index (κ3) is 4.98. The zero-order valence-corrected chi connectivity index (χ0v) is 14.2. The van der Waals surface area contributed by atoms with Crippen LogP contribution in [0.15, 0.2) is 42.5 Å². The molecule has 0 saturated heterocycles. The zero-order valence-electron chi connectivity index (χ0n) is 14.2. The number of anilines is 2. The molecule has 2 aromatic rings. The van der Waals surface area contributed by atoms with E-state index in [0.29, 0.717) is 0 Å². The molecule has 0 spiro atoms. The molecule has 0 bridgehead atoms. The lowest BCUT2D eigenvalue weighted by atomic mass is 10.0. The number of alkyl halides is 3. The van der Waals surface area contributed by atoms with E-state index >= 15 is 0 Å². The number of rotatable bonds is 6. The Kier molecular flexibility index (Phi) is 6.07. The van der Waals surface area contributed by atoms with Crippen molar-refractivity contribution in [1.82, 2.24) is 0 Å². The Labute approximate surface area is 145 Å². The lowest BCUT2D eigenvalue weighted by molar-refractivity contribution is -0.137. The maximum atomic E-state index is 12.7. The minimum Gasteiger partial charge on any atom is -0.376 e. The van der Waals surface area contributed by atoms with Gasteiger partial charge in [-0.25, -0.2) is 0 Å². The minimum atomic E-state index is -4.41. The number of carbonyl (C=O) groups is 1. The first-order chi connectivity index (χ1) is 11.8. The number of nitrogens with one attached hydrogen (secondary N) is 2. The summed E-state index contributed by atoms with van der Waals surface area (Å²) in [4.78, 5) is 12.2. The second-order valence-electron chi connectivity index (χ2n) is 5.64. The lowest BCUT2D eigenvalue weighted by Gasteiger charge is -2.15. The molecule has 0 aromatic heterocycles. The number of hydrogen-bond donors (Lipinski definition) is 2. The average Bonchev–Trinajstić information content (AvgIpc) is 2.59. The largest absolute Gasteiger partial charge is 0.416 e. The maximum Gasteiger partial charge on any atom is 0.416 e. The maximum absolute atomic E-state index is 12.7. The summed E-state index contributed by atoms with van der Waals surface area (Å²) in [5, 5.41) is 5.61. The van der Waals surface area contributed by atoms with Crippen LogP contribution in [0.25, 0.3) is 0 Å². The molecule has 2 N–H and O–H groups in total. The summed E-state index contributed by atoms with van der Waals surface area (Å²) in [6.45, 7) is 3.90. The van der Waals surface area contributed by atoms with Crippen LogP contribution in [0.5, 0.6) is 0 Å². The molecular formula is C19H21F3N2O. The van der Waals surface area contributed by atoms with Crippen molar-refractivity contribution in [3.8, 4) is 0 Å². The highest BCUT2D eigenvalue weighted by Crippen LogP contribution is 2.30. The zero-order chi connectivity index (χ0) is 18.4. The summed E-state index contributed by atoms with van der Waals surface area (Å²) >= 11 is 0. The Bertz CT molecular complexity index is 719. The van der Waals surface area contributed by atoms with Crippen molar-refractivity contribution in [3.05, 3.63) is 59.2 Å². The fraction of sp³-hybridized carbons (Fsp3) is 0.316. The van der Waals surface area contributed by atoms with E-state index in [1.54, 1.807) is 0 Å². The predicted octanol–water partition coefficient (Wildman–Crippen LogP) is 4.88. The van der Waals surface area contributed by atoms with E-state index in [4.69, 9.17) is 0 Å². The van der Waals surface area contributed by atoms with Gasteiger partial charge in [0.2, 0.25) is 5.91 Å². The highest BCUT2D eigenvalue weighted by molar-refractivity contribution is 5.95. The van der Waals surface area contributed by atoms with Gasteiger partial charge in [0.1, 0.15) is 0 Å². The Hall–Kier alpha value is -2.50. The van der Waals surface area contributed by atoms with Crippen LogP contribution in [0.4, 0.5) is 24.5 Å². The van der Waals surface area contributed by atoms with E-state index in [1.807, 2.05) is 32.0 Å². The molecule has 2 rings (SSSR count). The molecule has 0 radical (unpaired) electrons. The number of para-hydroxylation sites is 1. The molecule has 134 valence electrons. The molecule has 0 aliphatic rings. The topological polar surface area (TPSA) is 41.1 Å². The van der Waals surface area contributed by atoms with Crippen LogP contribution < -0.4 is 10.6 Å². The van der Waals surface area contributed by atoms with Crippen LogP contribution in [0, 0.1) is 0 Å². The summed E-state index contributed by atoms with van der Waals surface area (Å²) in [6.07, 6.45) is -2.84. The number of hydrogen-bond acceptors (Lipinski definition) is 2. The fourth-order valence-corrected chi connectivity index (χ4v) is 2.57. The normalized spacial score (nSPS) is 11.2. The van der Waals surface area contributed by atoms with Crippen LogP contribution in [-0.2, 0) is 23.8 Å². The summed E-state index contributed by atoms with van der Waals surface area (Å²) < 4.78 is 38.1. The second-order valence-corrected chi connectivity index (χ2v) is 5.64. The molecule has 3 nitrogen and oxygen atoms in total. The minimum absolute atomic E-state index is 0.109. The number of aryl methyl sites for hydroxylation is 2. The van der Waals surface area contributed by atoms with Gasteiger partial charge in [0.25, 0.3) is 0 Å². The standard InChI is InChI=1S/C19H21F3N2O/c1-3-13-7-5-8-14(4-2)18(13)24-17(25)12-23-16-10-6-9-15(11-16)19(20,21)22/h5-11,23H,3-4,12H2,1-2H3,(H,24,25). The Morgan fingerprint density at radius 1 is 1.00 bits per heavy atom. The van der Waals surface area contributed by atoms with Crippen LogP contribution in [0.1, 0.15) is 30.5 Å². The second kappa shape index (κ2) is 8.05. The third-order valence-electron chi connectivity index (χ3n) is 3.91. The van der Waals surface area contributed by atoms with Crippen LogP contribution in [0.2, 0.25) is 0 Å². The number of benzene rings is 2. The van der Waals surface area contributed by atoms with Gasteiger partial charge in [-0.3, -0.25) is 4.79 Å². The van der Waals surface area contributed by atoms with Crippen molar-refractivity contribution in [3.63, 3.8) is 0 Å². The first-order valence-corrected chi connectivity index (χ1v) is 8.16. The molecule has 0 atom stereocenters. The van der Waals surface area contributed by atoms with Crippen molar-refractivity contribution >= 4 is 17.3 Å². The van der Waals surface area contributed by atoms with Crippen LogP contribution in [0.3, 0.4) is 0 Å². The van der Waals surface area contributed by atoms with Gasteiger partial charge in [-0.05, 0) is 42.2 Å². The van der Waals surface area contributed by atoms with E-state index in [1.165, 1.54) is 12.1 Å². The van der Waals surface area contributed by atoms with Crippen LogP contribution in [-0.4, -0.2) is 12.5 Å². The molecule has 6 heteroatoms. The van der Waals surface area contributed by atoms with Gasteiger partial charge in [0.05, 0.1) is 12.1 Å². The highest BCUT2D eigenvalue weighted by Gasteiger charge is 2.30. The van der Waals surface area contributed by atoms with Gasteiger partial charge in [-0.1, -0.05) is 38.1 Å². The molecular weight excluding hydrogens is 329 g/mol. The van der Waals surface area contributed by atoms with Crippen molar-refractivity contribution in [2.45, 2.75) is 32.9 Å². The summed E-state index contributed by atoms with van der Waals surface area (Å²) in [7, 11) is 0. The summed E-state index contributed by atoms with van der Waals surface area (Å²) in [6, 6.07) is 10.7. The fourth-order valence-electron chi connectivity index (χ4n) is 2.57. The molecule has 0 saturated carbocycles. The molecule has 25 heavy (non-hydrogen) atoms. The van der Waals surface area contributed by atoms with Gasteiger partial charge < -0.3 is 10.6 Å². The van der Waals surface area contributed by atoms with Gasteiger partial charge in [0.15, 0.2) is 0 Å².